The van der Waals surface area contributed by atoms with Gasteiger partial charge in [-0.15, -0.1) is 0 Å². The Morgan fingerprint density at radius 1 is 1.23 bits per heavy atom. The van der Waals surface area contributed by atoms with Gasteiger partial charge in [0.05, 0.1) is 6.42 Å². The maximum atomic E-state index is 12.3. The first-order valence-corrected chi connectivity index (χ1v) is 9.00. The largest absolute Gasteiger partial charge is 0.353 e. The topological polar surface area (TPSA) is 49.4 Å². The normalized spacial score (nSPS) is 20.6. The summed E-state index contributed by atoms with van der Waals surface area (Å²) in [5.41, 5.74) is 3.66. The van der Waals surface area contributed by atoms with Gasteiger partial charge in [-0.1, -0.05) is 18.2 Å². The molecular weight excluding hydrogens is 296 g/mol. The van der Waals surface area contributed by atoms with E-state index in [0.717, 1.165) is 43.0 Å². The van der Waals surface area contributed by atoms with Gasteiger partial charge in [-0.25, -0.2) is 0 Å². The standard InChI is InChI=1S/C17H22N2O2S/c1-12(20)18-16-10-14-3-2-13(8-15(14)11-16)9-17(21)19-4-6-22-7-5-19/h2-3,8,16H,4-7,9-11H2,1H3,(H,18,20). The van der Waals surface area contributed by atoms with Crippen LogP contribution in [-0.2, 0) is 28.9 Å². The van der Waals surface area contributed by atoms with Crippen LogP contribution >= 0.6 is 11.8 Å². The van der Waals surface area contributed by atoms with Crippen LogP contribution in [-0.4, -0.2) is 47.4 Å². The zero-order chi connectivity index (χ0) is 15.5. The number of carbonyl (C=O) groups is 2. The first kappa shape index (κ1) is 15.4. The van der Waals surface area contributed by atoms with Crippen LogP contribution in [0.25, 0.3) is 0 Å². The van der Waals surface area contributed by atoms with Gasteiger partial charge < -0.3 is 10.2 Å². The van der Waals surface area contributed by atoms with Crippen molar-refractivity contribution < 1.29 is 9.59 Å². The number of fused-ring (bicyclic) bond motifs is 1. The Balaban J connectivity index is 1.62. The van der Waals surface area contributed by atoms with Gasteiger partial charge in [-0.2, -0.15) is 11.8 Å². The van der Waals surface area contributed by atoms with E-state index in [0.29, 0.717) is 6.42 Å². The molecule has 118 valence electrons. The molecule has 0 bridgehead atoms. The lowest BCUT2D eigenvalue weighted by molar-refractivity contribution is -0.130. The lowest BCUT2D eigenvalue weighted by atomic mass is 10.0. The number of rotatable bonds is 3. The summed E-state index contributed by atoms with van der Waals surface area (Å²) in [6.07, 6.45) is 2.26. The van der Waals surface area contributed by atoms with Gasteiger partial charge in [-0.3, -0.25) is 9.59 Å². The smallest absolute Gasteiger partial charge is 0.227 e. The van der Waals surface area contributed by atoms with E-state index in [1.807, 2.05) is 16.7 Å². The van der Waals surface area contributed by atoms with Crippen molar-refractivity contribution in [3.05, 3.63) is 34.9 Å². The Hall–Kier alpha value is -1.49. The number of nitrogens with zero attached hydrogens (tertiary/aromatic N) is 1. The van der Waals surface area contributed by atoms with Crippen molar-refractivity contribution in [2.45, 2.75) is 32.2 Å². The molecular formula is C17H22N2O2S. The van der Waals surface area contributed by atoms with E-state index in [1.54, 1.807) is 6.92 Å². The fraction of sp³-hybridized carbons (Fsp3) is 0.529. The molecule has 1 fully saturated rings. The highest BCUT2D eigenvalue weighted by Crippen LogP contribution is 2.24. The van der Waals surface area contributed by atoms with Gasteiger partial charge in [0, 0.05) is 37.6 Å². The van der Waals surface area contributed by atoms with Crippen molar-refractivity contribution >= 4 is 23.6 Å². The molecule has 0 aromatic heterocycles. The summed E-state index contributed by atoms with van der Waals surface area (Å²) in [7, 11) is 0. The summed E-state index contributed by atoms with van der Waals surface area (Å²) in [6, 6.07) is 6.53. The predicted molar refractivity (Wildman–Crippen MR) is 89.1 cm³/mol. The second-order valence-electron chi connectivity index (χ2n) is 6.08. The molecule has 4 nitrogen and oxygen atoms in total. The van der Waals surface area contributed by atoms with Gasteiger partial charge in [0.15, 0.2) is 0 Å². The van der Waals surface area contributed by atoms with Gasteiger partial charge >= 0.3 is 0 Å². The second kappa shape index (κ2) is 6.73. The van der Waals surface area contributed by atoms with Crippen LogP contribution in [0.15, 0.2) is 18.2 Å². The number of thioether (sulfide) groups is 1. The molecule has 1 heterocycles. The van der Waals surface area contributed by atoms with Crippen molar-refractivity contribution in [2.75, 3.05) is 24.6 Å². The van der Waals surface area contributed by atoms with E-state index in [4.69, 9.17) is 0 Å². The summed E-state index contributed by atoms with van der Waals surface area (Å²) < 4.78 is 0. The lowest BCUT2D eigenvalue weighted by Gasteiger charge is -2.26. The van der Waals surface area contributed by atoms with Crippen LogP contribution in [0.4, 0.5) is 0 Å². The number of hydrogen-bond donors (Lipinski definition) is 1. The average Bonchev–Trinajstić information content (AvgIpc) is 2.88. The van der Waals surface area contributed by atoms with Crippen LogP contribution < -0.4 is 5.32 Å². The molecule has 2 amide bonds. The van der Waals surface area contributed by atoms with Gasteiger partial charge in [0.25, 0.3) is 0 Å². The van der Waals surface area contributed by atoms with Crippen LogP contribution in [0.3, 0.4) is 0 Å². The summed E-state index contributed by atoms with van der Waals surface area (Å²) in [6.45, 7) is 3.31. The number of nitrogens with one attached hydrogen (secondary N) is 1. The average molecular weight is 318 g/mol. The molecule has 1 aromatic carbocycles. The third-order valence-corrected chi connectivity index (χ3v) is 5.27. The summed E-state index contributed by atoms with van der Waals surface area (Å²) in [5.74, 6) is 2.36. The fourth-order valence-electron chi connectivity index (χ4n) is 3.27. The van der Waals surface area contributed by atoms with E-state index < -0.39 is 0 Å². The van der Waals surface area contributed by atoms with E-state index in [9.17, 15) is 9.59 Å². The highest BCUT2D eigenvalue weighted by atomic mass is 32.2. The highest BCUT2D eigenvalue weighted by molar-refractivity contribution is 7.99. The minimum Gasteiger partial charge on any atom is -0.353 e. The van der Waals surface area contributed by atoms with E-state index >= 15 is 0 Å². The Morgan fingerprint density at radius 3 is 2.68 bits per heavy atom. The van der Waals surface area contributed by atoms with Crippen molar-refractivity contribution in [3.63, 3.8) is 0 Å². The summed E-state index contributed by atoms with van der Waals surface area (Å²) in [5, 5.41) is 2.98. The number of benzene rings is 1. The quantitative estimate of drug-likeness (QED) is 0.917. The third-order valence-electron chi connectivity index (χ3n) is 4.33. The lowest BCUT2D eigenvalue weighted by Crippen LogP contribution is -2.38. The second-order valence-corrected chi connectivity index (χ2v) is 7.30. The molecule has 5 heteroatoms. The van der Waals surface area contributed by atoms with Crippen molar-refractivity contribution in [2.24, 2.45) is 0 Å². The number of carbonyl (C=O) groups excluding carboxylic acids is 2. The Kier molecular flexibility index (Phi) is 4.71. The monoisotopic (exact) mass is 318 g/mol. The molecule has 1 atom stereocenters. The van der Waals surface area contributed by atoms with Gasteiger partial charge in [0.1, 0.15) is 0 Å². The minimum atomic E-state index is 0.0242. The zero-order valence-corrected chi connectivity index (χ0v) is 13.7. The van der Waals surface area contributed by atoms with Crippen LogP contribution in [0.5, 0.6) is 0 Å². The SMILES string of the molecule is CC(=O)NC1Cc2ccc(CC(=O)N3CCSCC3)cc2C1. The van der Waals surface area contributed by atoms with Crippen molar-refractivity contribution in [1.29, 1.82) is 0 Å². The molecule has 1 saturated heterocycles. The van der Waals surface area contributed by atoms with Gasteiger partial charge in [-0.05, 0) is 29.5 Å². The Labute approximate surface area is 135 Å². The van der Waals surface area contributed by atoms with Crippen molar-refractivity contribution in [3.8, 4) is 0 Å². The minimum absolute atomic E-state index is 0.0242. The van der Waals surface area contributed by atoms with Gasteiger partial charge in [0.2, 0.25) is 11.8 Å². The van der Waals surface area contributed by atoms with E-state index in [-0.39, 0.29) is 17.9 Å². The highest BCUT2D eigenvalue weighted by Gasteiger charge is 2.23. The molecule has 2 aliphatic rings. The van der Waals surface area contributed by atoms with E-state index in [1.165, 1.54) is 11.1 Å². The Bertz CT molecular complexity index is 582. The number of amides is 2. The summed E-state index contributed by atoms with van der Waals surface area (Å²) >= 11 is 1.92. The maximum absolute atomic E-state index is 12.3. The third kappa shape index (κ3) is 3.64. The maximum Gasteiger partial charge on any atom is 0.227 e. The molecule has 1 aromatic rings. The predicted octanol–water partition coefficient (Wildman–Crippen LogP) is 1.41. The molecule has 1 aliphatic carbocycles. The van der Waals surface area contributed by atoms with Crippen LogP contribution in [0.2, 0.25) is 0 Å². The molecule has 22 heavy (non-hydrogen) atoms. The molecule has 0 radical (unpaired) electrons. The first-order chi connectivity index (χ1) is 10.6. The summed E-state index contributed by atoms with van der Waals surface area (Å²) in [4.78, 5) is 25.5. The molecule has 1 N–H and O–H groups in total. The molecule has 1 unspecified atom stereocenters. The fourth-order valence-corrected chi connectivity index (χ4v) is 4.17. The van der Waals surface area contributed by atoms with E-state index in [2.05, 4.69) is 23.5 Å². The van der Waals surface area contributed by atoms with Crippen molar-refractivity contribution in [1.82, 2.24) is 10.2 Å². The first-order valence-electron chi connectivity index (χ1n) is 7.85. The molecule has 3 rings (SSSR count). The Morgan fingerprint density at radius 2 is 1.95 bits per heavy atom. The molecule has 0 saturated carbocycles. The zero-order valence-electron chi connectivity index (χ0n) is 12.9. The van der Waals surface area contributed by atoms with Crippen LogP contribution in [0.1, 0.15) is 23.6 Å². The number of hydrogen-bond acceptors (Lipinski definition) is 3. The molecule has 1 aliphatic heterocycles. The van der Waals surface area contributed by atoms with Crippen LogP contribution in [0, 0.1) is 0 Å². The molecule has 0 spiro atoms.